The summed E-state index contributed by atoms with van der Waals surface area (Å²) in [6.07, 6.45) is -0.924. The van der Waals surface area contributed by atoms with E-state index in [1.165, 1.54) is 6.07 Å². The lowest BCUT2D eigenvalue weighted by molar-refractivity contribution is 0.191. The molecule has 0 aliphatic heterocycles. The van der Waals surface area contributed by atoms with Crippen LogP contribution >= 0.6 is 15.9 Å². The van der Waals surface area contributed by atoms with E-state index in [1.54, 1.807) is 0 Å². The van der Waals surface area contributed by atoms with E-state index < -0.39 is 23.1 Å². The van der Waals surface area contributed by atoms with Gasteiger partial charge < -0.3 is 15.5 Å². The second-order valence-electron chi connectivity index (χ2n) is 4.62. The van der Waals surface area contributed by atoms with Crippen molar-refractivity contribution in [3.05, 3.63) is 33.8 Å². The molecule has 1 aliphatic carbocycles. The largest absolute Gasteiger partial charge is 0.465 e. The number of carbonyl (C=O) groups is 1. The molecule has 19 heavy (non-hydrogen) atoms. The molecule has 0 spiro atoms. The highest BCUT2D eigenvalue weighted by Crippen LogP contribution is 2.55. The predicted molar refractivity (Wildman–Crippen MR) is 67.0 cm³/mol. The molecule has 2 atom stereocenters. The van der Waals surface area contributed by atoms with E-state index in [4.69, 9.17) is 5.11 Å². The number of hydrogen-bond donors (Lipinski definition) is 3. The lowest BCUT2D eigenvalue weighted by Gasteiger charge is -2.19. The summed E-state index contributed by atoms with van der Waals surface area (Å²) in [4.78, 5) is 10.6. The Morgan fingerprint density at radius 1 is 1.53 bits per heavy atom. The number of halogens is 3. The van der Waals surface area contributed by atoms with Gasteiger partial charge in [0.2, 0.25) is 0 Å². The van der Waals surface area contributed by atoms with E-state index in [0.717, 1.165) is 6.07 Å². The third kappa shape index (κ3) is 2.44. The Morgan fingerprint density at radius 3 is 2.74 bits per heavy atom. The fourth-order valence-electron chi connectivity index (χ4n) is 2.45. The molecule has 1 amide bonds. The third-order valence-electron chi connectivity index (χ3n) is 3.55. The zero-order valence-electron chi connectivity index (χ0n) is 9.79. The average Bonchev–Trinajstić information content (AvgIpc) is 3.07. The molecule has 1 aromatic rings. The number of aliphatic hydroxyl groups is 1. The maximum Gasteiger partial charge on any atom is 0.404 e. The zero-order valence-corrected chi connectivity index (χ0v) is 11.4. The minimum absolute atomic E-state index is 0.113. The molecule has 0 unspecified atom stereocenters. The first-order chi connectivity index (χ1) is 8.92. The van der Waals surface area contributed by atoms with Gasteiger partial charge in [-0.15, -0.1) is 0 Å². The van der Waals surface area contributed by atoms with Crippen LogP contribution < -0.4 is 5.32 Å². The SMILES string of the molecule is O=C(O)NC[C@@]1(c2c(F)ccc(Br)c2F)C[C@H]1CO. The molecule has 7 heteroatoms. The number of benzene rings is 1. The van der Waals surface area contributed by atoms with Crippen LogP contribution in [0.4, 0.5) is 13.6 Å². The van der Waals surface area contributed by atoms with Gasteiger partial charge in [0.05, 0.1) is 4.47 Å². The first kappa shape index (κ1) is 14.2. The van der Waals surface area contributed by atoms with Crippen molar-refractivity contribution in [3.63, 3.8) is 0 Å². The Kier molecular flexibility index (Phi) is 3.78. The van der Waals surface area contributed by atoms with Crippen LogP contribution in [0.1, 0.15) is 12.0 Å². The van der Waals surface area contributed by atoms with Crippen molar-refractivity contribution >= 4 is 22.0 Å². The highest BCUT2D eigenvalue weighted by Gasteiger charge is 2.57. The van der Waals surface area contributed by atoms with Gasteiger partial charge in [-0.25, -0.2) is 13.6 Å². The highest BCUT2D eigenvalue weighted by atomic mass is 79.9. The van der Waals surface area contributed by atoms with Crippen molar-refractivity contribution in [2.45, 2.75) is 11.8 Å². The second kappa shape index (κ2) is 5.05. The van der Waals surface area contributed by atoms with E-state index in [9.17, 15) is 18.7 Å². The predicted octanol–water partition coefficient (Wildman–Crippen LogP) is 2.24. The fraction of sp³-hybridized carbons (Fsp3) is 0.417. The Morgan fingerprint density at radius 2 is 2.21 bits per heavy atom. The molecule has 3 N–H and O–H groups in total. The van der Waals surface area contributed by atoms with Crippen LogP contribution in [0.5, 0.6) is 0 Å². The van der Waals surface area contributed by atoms with E-state index in [0.29, 0.717) is 6.42 Å². The molecule has 2 rings (SSSR count). The van der Waals surface area contributed by atoms with Gasteiger partial charge in [0.15, 0.2) is 0 Å². The van der Waals surface area contributed by atoms with Crippen LogP contribution in [0.3, 0.4) is 0 Å². The van der Waals surface area contributed by atoms with E-state index in [1.807, 2.05) is 0 Å². The maximum absolute atomic E-state index is 14.1. The van der Waals surface area contributed by atoms with Crippen LogP contribution in [0, 0.1) is 17.6 Å². The van der Waals surface area contributed by atoms with Crippen molar-refractivity contribution in [1.29, 1.82) is 0 Å². The molecule has 1 fully saturated rings. The van der Waals surface area contributed by atoms with E-state index >= 15 is 0 Å². The highest BCUT2D eigenvalue weighted by molar-refractivity contribution is 9.10. The third-order valence-corrected chi connectivity index (χ3v) is 4.16. The maximum atomic E-state index is 14.1. The molecule has 0 saturated heterocycles. The zero-order chi connectivity index (χ0) is 14.2. The number of rotatable bonds is 4. The lowest BCUT2D eigenvalue weighted by Crippen LogP contribution is -2.34. The quantitative estimate of drug-likeness (QED) is 0.739. The summed E-state index contributed by atoms with van der Waals surface area (Å²) in [6.45, 7) is -0.370. The average molecular weight is 336 g/mol. The Bertz CT molecular complexity index is 526. The summed E-state index contributed by atoms with van der Waals surface area (Å²) in [6, 6.07) is 2.38. The summed E-state index contributed by atoms with van der Waals surface area (Å²) in [7, 11) is 0. The Balaban J connectivity index is 2.41. The molecule has 0 heterocycles. The monoisotopic (exact) mass is 335 g/mol. The van der Waals surface area contributed by atoms with Crippen molar-refractivity contribution in [3.8, 4) is 0 Å². The minimum atomic E-state index is -1.27. The molecule has 4 nitrogen and oxygen atoms in total. The summed E-state index contributed by atoms with van der Waals surface area (Å²) < 4.78 is 28.1. The van der Waals surface area contributed by atoms with Gasteiger partial charge in [-0.2, -0.15) is 0 Å². The smallest absolute Gasteiger partial charge is 0.404 e. The topological polar surface area (TPSA) is 69.6 Å². The van der Waals surface area contributed by atoms with Crippen molar-refractivity contribution in [1.82, 2.24) is 5.32 Å². The normalized spacial score (nSPS) is 25.2. The molecule has 0 radical (unpaired) electrons. The van der Waals surface area contributed by atoms with Gasteiger partial charge in [-0.3, -0.25) is 0 Å². The standard InChI is InChI=1S/C12H12BrF2NO3/c13-7-1-2-8(14)9(10(7)15)12(3-6(12)4-17)5-16-11(18)19/h1-2,6,16-17H,3-5H2,(H,18,19)/t6-,12-/m0/s1. The molecule has 1 aromatic carbocycles. The van der Waals surface area contributed by atoms with E-state index in [2.05, 4.69) is 21.2 Å². The number of aliphatic hydroxyl groups excluding tert-OH is 1. The van der Waals surface area contributed by atoms with Crippen molar-refractivity contribution in [2.75, 3.05) is 13.2 Å². The summed E-state index contributed by atoms with van der Waals surface area (Å²) in [5.74, 6) is -1.83. The number of amides is 1. The summed E-state index contributed by atoms with van der Waals surface area (Å²) in [5.41, 5.74) is -1.18. The number of nitrogens with one attached hydrogen (secondary N) is 1. The number of hydrogen-bond acceptors (Lipinski definition) is 2. The molecule has 104 valence electrons. The van der Waals surface area contributed by atoms with Crippen molar-refractivity contribution in [2.24, 2.45) is 5.92 Å². The molecule has 0 bridgehead atoms. The van der Waals surface area contributed by atoms with Crippen LogP contribution in [0.15, 0.2) is 16.6 Å². The van der Waals surface area contributed by atoms with Gasteiger partial charge in [0.1, 0.15) is 11.6 Å². The minimum Gasteiger partial charge on any atom is -0.465 e. The molecular weight excluding hydrogens is 324 g/mol. The summed E-state index contributed by atoms with van der Waals surface area (Å²) in [5, 5.41) is 20.0. The van der Waals surface area contributed by atoms with Gasteiger partial charge in [-0.05, 0) is 40.4 Å². The first-order valence-electron chi connectivity index (χ1n) is 5.64. The molecular formula is C12H12BrF2NO3. The lowest BCUT2D eigenvalue weighted by atomic mass is 9.92. The van der Waals surface area contributed by atoms with Crippen LogP contribution in [-0.4, -0.2) is 29.5 Å². The second-order valence-corrected chi connectivity index (χ2v) is 5.47. The van der Waals surface area contributed by atoms with Gasteiger partial charge in [0, 0.05) is 24.1 Å². The fourth-order valence-corrected chi connectivity index (χ4v) is 2.78. The van der Waals surface area contributed by atoms with Crippen LogP contribution in [-0.2, 0) is 5.41 Å². The Hall–Kier alpha value is -1.21. The summed E-state index contributed by atoms with van der Waals surface area (Å²) >= 11 is 2.98. The van der Waals surface area contributed by atoms with E-state index in [-0.39, 0.29) is 29.1 Å². The molecule has 1 aliphatic rings. The molecule has 0 aromatic heterocycles. The van der Waals surface area contributed by atoms with Gasteiger partial charge in [-0.1, -0.05) is 0 Å². The molecule has 1 saturated carbocycles. The van der Waals surface area contributed by atoms with Crippen LogP contribution in [0.25, 0.3) is 0 Å². The number of carboxylic acid groups (broad SMARTS) is 1. The van der Waals surface area contributed by atoms with Gasteiger partial charge >= 0.3 is 6.09 Å². The first-order valence-corrected chi connectivity index (χ1v) is 6.43. The van der Waals surface area contributed by atoms with Crippen LogP contribution in [0.2, 0.25) is 0 Å². The van der Waals surface area contributed by atoms with Gasteiger partial charge in [0.25, 0.3) is 0 Å². The van der Waals surface area contributed by atoms with Crippen molar-refractivity contribution < 1.29 is 23.8 Å². The Labute approximate surface area is 116 Å².